The minimum Gasteiger partial charge on any atom is -0.361 e. The van der Waals surface area contributed by atoms with Crippen LogP contribution >= 0.6 is 0 Å². The molecule has 3 N–H and O–H groups in total. The van der Waals surface area contributed by atoms with Gasteiger partial charge in [0.15, 0.2) is 0 Å². The number of para-hydroxylation sites is 1. The van der Waals surface area contributed by atoms with Gasteiger partial charge in [0.05, 0.1) is 12.5 Å². The molecule has 6 heteroatoms. The van der Waals surface area contributed by atoms with Gasteiger partial charge in [-0.25, -0.2) is 0 Å². The highest BCUT2D eigenvalue weighted by Gasteiger charge is 2.30. The monoisotopic (exact) mass is 416 g/mol. The summed E-state index contributed by atoms with van der Waals surface area (Å²) in [4.78, 5) is 30.3. The molecule has 1 atom stereocenters. The van der Waals surface area contributed by atoms with Crippen molar-refractivity contribution in [2.45, 2.75) is 18.9 Å². The van der Waals surface area contributed by atoms with Crippen LogP contribution in [0.15, 0.2) is 66.9 Å². The summed E-state index contributed by atoms with van der Waals surface area (Å²) in [5, 5.41) is 7.04. The number of benzene rings is 2. The molecule has 0 saturated carbocycles. The Hall–Kier alpha value is -3.38. The third-order valence-electron chi connectivity index (χ3n) is 5.66. The summed E-state index contributed by atoms with van der Waals surface area (Å²) in [6.07, 6.45) is 7.00. The van der Waals surface area contributed by atoms with Gasteiger partial charge in [0.1, 0.15) is 0 Å². The van der Waals surface area contributed by atoms with Gasteiger partial charge < -0.3 is 15.6 Å². The molecule has 1 fully saturated rings. The second kappa shape index (κ2) is 10.1. The zero-order chi connectivity index (χ0) is 21.5. The number of carbonyl (C=O) groups is 2. The van der Waals surface area contributed by atoms with Gasteiger partial charge in [-0.05, 0) is 23.6 Å². The molecule has 1 aromatic heterocycles. The number of aromatic amines is 1. The molecule has 0 bridgehead atoms. The van der Waals surface area contributed by atoms with E-state index in [1.165, 1.54) is 10.9 Å². The van der Waals surface area contributed by atoms with Crippen molar-refractivity contribution in [2.75, 3.05) is 26.2 Å². The third kappa shape index (κ3) is 5.41. The van der Waals surface area contributed by atoms with Crippen LogP contribution in [0.5, 0.6) is 0 Å². The smallest absolute Gasteiger partial charge is 0.237 e. The van der Waals surface area contributed by atoms with E-state index in [1.54, 1.807) is 0 Å². The fourth-order valence-electron chi connectivity index (χ4n) is 4.01. The number of H-pyrrole nitrogens is 1. The Bertz CT molecular complexity index is 1060. The van der Waals surface area contributed by atoms with E-state index in [2.05, 4.69) is 32.7 Å². The molecule has 0 aliphatic carbocycles. The third-order valence-corrected chi connectivity index (χ3v) is 5.66. The molecule has 160 valence electrons. The van der Waals surface area contributed by atoms with Gasteiger partial charge in [-0.15, -0.1) is 0 Å². The van der Waals surface area contributed by atoms with E-state index in [0.29, 0.717) is 19.6 Å². The fraction of sp³-hybridized carbons (Fsp3) is 0.280. The number of carbonyl (C=O) groups excluding carboxylic acids is 2. The summed E-state index contributed by atoms with van der Waals surface area (Å²) in [6, 6.07) is 17.8. The Morgan fingerprint density at radius 2 is 1.94 bits per heavy atom. The number of rotatable bonds is 8. The van der Waals surface area contributed by atoms with Crippen LogP contribution < -0.4 is 10.6 Å². The van der Waals surface area contributed by atoms with Crippen LogP contribution in [0.25, 0.3) is 17.0 Å². The number of aromatic nitrogens is 1. The zero-order valence-electron chi connectivity index (χ0n) is 17.5. The van der Waals surface area contributed by atoms with E-state index in [-0.39, 0.29) is 18.2 Å². The van der Waals surface area contributed by atoms with Gasteiger partial charge in [-0.2, -0.15) is 0 Å². The second-order valence-corrected chi connectivity index (χ2v) is 7.78. The molecule has 1 saturated heterocycles. The van der Waals surface area contributed by atoms with E-state index in [4.69, 9.17) is 0 Å². The van der Waals surface area contributed by atoms with Gasteiger partial charge in [-0.1, -0.05) is 60.7 Å². The Morgan fingerprint density at radius 1 is 1.13 bits per heavy atom. The normalized spacial score (nSPS) is 17.2. The molecular weight excluding hydrogens is 388 g/mol. The Kier molecular flexibility index (Phi) is 6.79. The van der Waals surface area contributed by atoms with Crippen LogP contribution in [0.1, 0.15) is 17.5 Å². The Labute approximate surface area is 182 Å². The number of amides is 2. The number of nitrogens with one attached hydrogen (secondary N) is 3. The summed E-state index contributed by atoms with van der Waals surface area (Å²) < 4.78 is 0. The van der Waals surface area contributed by atoms with Crippen LogP contribution in [0.2, 0.25) is 0 Å². The minimum atomic E-state index is -0.442. The van der Waals surface area contributed by atoms with Gasteiger partial charge in [-0.3, -0.25) is 14.5 Å². The maximum Gasteiger partial charge on any atom is 0.237 e. The highest BCUT2D eigenvalue weighted by molar-refractivity contribution is 5.89. The molecule has 2 heterocycles. The summed E-state index contributed by atoms with van der Waals surface area (Å²) in [5.74, 6) is -0.176. The molecule has 0 radical (unpaired) electrons. The summed E-state index contributed by atoms with van der Waals surface area (Å²) in [5.41, 5.74) is 3.40. The van der Waals surface area contributed by atoms with Crippen molar-refractivity contribution in [3.05, 3.63) is 78.0 Å². The lowest BCUT2D eigenvalue weighted by molar-refractivity contribution is -0.133. The van der Waals surface area contributed by atoms with E-state index in [1.807, 2.05) is 60.8 Å². The maximum atomic E-state index is 12.5. The lowest BCUT2D eigenvalue weighted by Crippen LogP contribution is -2.56. The van der Waals surface area contributed by atoms with Crippen molar-refractivity contribution < 1.29 is 9.59 Å². The molecule has 31 heavy (non-hydrogen) atoms. The van der Waals surface area contributed by atoms with Crippen LogP contribution in [0, 0.1) is 0 Å². The molecule has 3 aromatic rings. The minimum absolute atomic E-state index is 0.0776. The predicted octanol–water partition coefficient (Wildman–Crippen LogP) is 2.73. The molecule has 4 rings (SSSR count). The van der Waals surface area contributed by atoms with Crippen molar-refractivity contribution in [1.29, 1.82) is 0 Å². The van der Waals surface area contributed by atoms with Crippen molar-refractivity contribution in [3.8, 4) is 0 Å². The predicted molar refractivity (Wildman–Crippen MR) is 123 cm³/mol. The molecule has 2 aromatic carbocycles. The van der Waals surface area contributed by atoms with E-state index in [0.717, 1.165) is 24.0 Å². The molecule has 0 spiro atoms. The van der Waals surface area contributed by atoms with E-state index < -0.39 is 6.04 Å². The molecule has 1 aliphatic heterocycles. The Balaban J connectivity index is 1.29. The van der Waals surface area contributed by atoms with Crippen LogP contribution in [-0.2, 0) is 16.0 Å². The Morgan fingerprint density at radius 3 is 2.81 bits per heavy atom. The number of hydrogen-bond acceptors (Lipinski definition) is 3. The number of nitrogens with zero attached hydrogens (tertiary/aromatic N) is 1. The molecule has 2 amide bonds. The lowest BCUT2D eigenvalue weighted by Gasteiger charge is -2.33. The van der Waals surface area contributed by atoms with Crippen LogP contribution in [-0.4, -0.2) is 53.9 Å². The van der Waals surface area contributed by atoms with Gasteiger partial charge in [0.25, 0.3) is 0 Å². The largest absolute Gasteiger partial charge is 0.361 e. The highest BCUT2D eigenvalue weighted by Crippen LogP contribution is 2.17. The van der Waals surface area contributed by atoms with Crippen molar-refractivity contribution >= 4 is 28.8 Å². The standard InChI is InChI=1S/C25H28N4O2/c30-24(26-13-12-20-18-28-22-11-5-4-10-21(20)22)17-23-25(31)27-14-16-29(23)15-6-9-19-7-2-1-3-8-19/h1-11,18,23,28H,12-17H2,(H,26,30)(H,27,31). The maximum absolute atomic E-state index is 12.5. The van der Waals surface area contributed by atoms with Crippen molar-refractivity contribution in [3.63, 3.8) is 0 Å². The second-order valence-electron chi connectivity index (χ2n) is 7.78. The SMILES string of the molecule is O=C(CC1C(=O)NCCN1CC=Cc1ccccc1)NCCc1c[nH]c2ccccc12. The van der Waals surface area contributed by atoms with Crippen LogP contribution in [0.4, 0.5) is 0 Å². The number of piperazine rings is 1. The molecular formula is C25H28N4O2. The molecule has 1 unspecified atom stereocenters. The number of fused-ring (bicyclic) bond motifs is 1. The van der Waals surface area contributed by atoms with Crippen molar-refractivity contribution in [2.24, 2.45) is 0 Å². The summed E-state index contributed by atoms with van der Waals surface area (Å²) in [6.45, 7) is 2.52. The van der Waals surface area contributed by atoms with E-state index >= 15 is 0 Å². The van der Waals surface area contributed by atoms with E-state index in [9.17, 15) is 9.59 Å². The first-order chi connectivity index (χ1) is 15.2. The highest BCUT2D eigenvalue weighted by atomic mass is 16.2. The van der Waals surface area contributed by atoms with Crippen LogP contribution in [0.3, 0.4) is 0 Å². The number of hydrogen-bond donors (Lipinski definition) is 3. The quantitative estimate of drug-likeness (QED) is 0.528. The average molecular weight is 417 g/mol. The first-order valence-electron chi connectivity index (χ1n) is 10.8. The molecule has 1 aliphatic rings. The van der Waals surface area contributed by atoms with Gasteiger partial charge in [0, 0.05) is 43.3 Å². The zero-order valence-corrected chi connectivity index (χ0v) is 17.5. The molecule has 6 nitrogen and oxygen atoms in total. The first-order valence-corrected chi connectivity index (χ1v) is 10.8. The average Bonchev–Trinajstić information content (AvgIpc) is 3.20. The van der Waals surface area contributed by atoms with Gasteiger partial charge >= 0.3 is 0 Å². The lowest BCUT2D eigenvalue weighted by atomic mass is 10.1. The topological polar surface area (TPSA) is 77.2 Å². The van der Waals surface area contributed by atoms with Crippen molar-refractivity contribution in [1.82, 2.24) is 20.5 Å². The summed E-state index contributed by atoms with van der Waals surface area (Å²) >= 11 is 0. The fourth-order valence-corrected chi connectivity index (χ4v) is 4.01. The first kappa shape index (κ1) is 20.9. The van der Waals surface area contributed by atoms with Gasteiger partial charge in [0.2, 0.25) is 11.8 Å². The summed E-state index contributed by atoms with van der Waals surface area (Å²) in [7, 11) is 0.